The van der Waals surface area contributed by atoms with Gasteiger partial charge < -0.3 is 19.2 Å². The molecule has 0 heterocycles. The molecule has 5 nitrogen and oxygen atoms in total. The summed E-state index contributed by atoms with van der Waals surface area (Å²) in [6.07, 6.45) is 9.14. The Morgan fingerprint density at radius 3 is 2.24 bits per heavy atom. The summed E-state index contributed by atoms with van der Waals surface area (Å²) in [5, 5.41) is 9.81. The molecule has 0 fully saturated rings. The fraction of sp³-hybridized carbons (Fsp3) is 0.789. The number of hydrogen-bond donors (Lipinski definition) is 1. The lowest BCUT2D eigenvalue weighted by molar-refractivity contribution is -0.861. The van der Waals surface area contributed by atoms with Crippen LogP contribution in [0.5, 0.6) is 0 Å². The Morgan fingerprint density at radius 1 is 1.12 bits per heavy atom. The van der Waals surface area contributed by atoms with Crippen molar-refractivity contribution < 1.29 is 24.0 Å². The van der Waals surface area contributed by atoms with Crippen LogP contribution in [0.15, 0.2) is 12.2 Å². The minimum absolute atomic E-state index is 0.0274. The van der Waals surface area contributed by atoms with Crippen LogP contribution in [0.1, 0.15) is 58.3 Å². The summed E-state index contributed by atoms with van der Waals surface area (Å²) in [6.45, 7) is 6.36. The number of likely N-dealkylation sites (N-methyl/N-ethyl adjacent to an activating group) is 1. The fourth-order valence-electron chi connectivity index (χ4n) is 2.35. The smallest absolute Gasteiger partial charge is 0.333 e. The van der Waals surface area contributed by atoms with Gasteiger partial charge >= 0.3 is 5.97 Å². The predicted octanol–water partition coefficient (Wildman–Crippen LogP) is 3.19. The van der Waals surface area contributed by atoms with Crippen LogP contribution in [0.2, 0.25) is 0 Å². The summed E-state index contributed by atoms with van der Waals surface area (Å²) in [4.78, 5) is 23.8. The Labute approximate surface area is 154 Å². The Balaban J connectivity index is 3.91. The molecule has 1 atom stereocenters. The molecule has 6 heteroatoms. The molecule has 0 aliphatic rings. The van der Waals surface area contributed by atoms with E-state index in [1.54, 1.807) is 0 Å². The lowest BCUT2D eigenvalue weighted by Crippen LogP contribution is -2.39. The van der Waals surface area contributed by atoms with Crippen molar-refractivity contribution in [1.29, 1.82) is 0 Å². The molecule has 0 rings (SSSR count). The normalized spacial score (nSPS) is 12.7. The van der Waals surface area contributed by atoms with Crippen LogP contribution < -0.4 is 4.89 Å². The van der Waals surface area contributed by atoms with Crippen molar-refractivity contribution in [3.8, 4) is 0 Å². The van der Waals surface area contributed by atoms with Crippen LogP contribution in [0.4, 0.5) is 0 Å². The molecule has 0 saturated carbocycles. The number of carbonyl (C=O) groups is 1. The molecule has 146 valence electrons. The van der Waals surface area contributed by atoms with E-state index in [4.69, 9.17) is 4.74 Å². The maximum Gasteiger partial charge on any atom is 0.333 e. The van der Waals surface area contributed by atoms with Crippen molar-refractivity contribution in [2.75, 3.05) is 40.5 Å². The third-order valence-corrected chi connectivity index (χ3v) is 5.11. The molecule has 0 aromatic heterocycles. The number of ether oxygens (including phenoxy) is 1. The van der Waals surface area contributed by atoms with Gasteiger partial charge in [0.2, 0.25) is 0 Å². The minimum Gasteiger partial charge on any atom is -0.628 e. The molecule has 0 aromatic rings. The molecule has 0 aromatic carbocycles. The van der Waals surface area contributed by atoms with Crippen molar-refractivity contribution in [2.24, 2.45) is 0 Å². The average Bonchev–Trinajstić information content (AvgIpc) is 2.51. The van der Waals surface area contributed by atoms with Crippen LogP contribution >= 0.6 is 7.77 Å². The lowest BCUT2D eigenvalue weighted by atomic mass is 10.1. The van der Waals surface area contributed by atoms with Gasteiger partial charge in [-0.25, -0.2) is 4.79 Å². The van der Waals surface area contributed by atoms with Crippen molar-refractivity contribution in [2.45, 2.75) is 58.3 Å². The first kappa shape index (κ1) is 24.3. The third kappa shape index (κ3) is 14.1. The van der Waals surface area contributed by atoms with Crippen LogP contribution in [-0.2, 0) is 9.53 Å². The minimum atomic E-state index is -1.88. The van der Waals surface area contributed by atoms with Gasteiger partial charge in [-0.1, -0.05) is 52.0 Å². The highest BCUT2D eigenvalue weighted by atomic mass is 31.1. The lowest BCUT2D eigenvalue weighted by Gasteiger charge is -2.22. The van der Waals surface area contributed by atoms with E-state index in [9.17, 15) is 14.8 Å². The molecular weight excluding hydrogens is 337 g/mol. The van der Waals surface area contributed by atoms with Crippen molar-refractivity contribution in [3.05, 3.63) is 12.2 Å². The van der Waals surface area contributed by atoms with Crippen molar-refractivity contribution >= 4 is 19.2 Å². The Kier molecular flexibility index (Phi) is 13.1. The summed E-state index contributed by atoms with van der Waals surface area (Å²) in [6, 6.07) is 0. The molecule has 0 saturated heterocycles. The van der Waals surface area contributed by atoms with E-state index in [0.29, 0.717) is 23.0 Å². The van der Waals surface area contributed by atoms with E-state index >= 15 is 0 Å². The molecule has 25 heavy (non-hydrogen) atoms. The summed E-state index contributed by atoms with van der Waals surface area (Å²) in [5.41, 5.74) is 0.448. The van der Waals surface area contributed by atoms with Crippen molar-refractivity contribution in [1.82, 2.24) is 0 Å². The molecule has 0 aliphatic carbocycles. The van der Waals surface area contributed by atoms with Gasteiger partial charge in [-0.3, -0.25) is 0 Å². The van der Waals surface area contributed by atoms with Gasteiger partial charge in [-0.2, -0.15) is 0 Å². The first-order valence-electron chi connectivity index (χ1n) is 9.32. The number of aliphatic hydroxyl groups excluding tert-OH is 1. The van der Waals surface area contributed by atoms with E-state index < -0.39 is 13.7 Å². The first-order chi connectivity index (χ1) is 11.7. The SMILES string of the molecule is C=C(CCCCCCCCC)C(=O)OCC[P+]([O-])=C(O)C[N+](C)(C)C. The highest BCUT2D eigenvalue weighted by molar-refractivity contribution is 7.51. The van der Waals surface area contributed by atoms with E-state index in [0.717, 1.165) is 12.8 Å². The molecule has 0 radical (unpaired) electrons. The zero-order valence-corrected chi connectivity index (χ0v) is 17.4. The first-order valence-corrected chi connectivity index (χ1v) is 10.8. The molecule has 0 aliphatic heterocycles. The zero-order chi connectivity index (χ0) is 19.3. The molecule has 0 amide bonds. The number of hydrogen-bond acceptors (Lipinski definition) is 3. The molecule has 0 bridgehead atoms. The Hall–Kier alpha value is -0.740. The third-order valence-electron chi connectivity index (χ3n) is 3.80. The number of unbranched alkanes of at least 4 members (excludes halogenated alkanes) is 6. The van der Waals surface area contributed by atoms with Gasteiger partial charge in [0.05, 0.1) is 28.9 Å². The van der Waals surface area contributed by atoms with E-state index in [1.165, 1.54) is 32.1 Å². The monoisotopic (exact) mass is 374 g/mol. The summed E-state index contributed by atoms with van der Waals surface area (Å²) < 4.78 is 5.62. The second-order valence-electron chi connectivity index (χ2n) is 7.58. The number of rotatable bonds is 14. The zero-order valence-electron chi connectivity index (χ0n) is 16.6. The highest BCUT2D eigenvalue weighted by Gasteiger charge is 2.18. The molecule has 0 spiro atoms. The van der Waals surface area contributed by atoms with E-state index in [-0.39, 0.29) is 18.2 Å². The maximum absolute atomic E-state index is 11.9. The second-order valence-corrected chi connectivity index (χ2v) is 9.30. The van der Waals surface area contributed by atoms with Gasteiger partial charge in [0.15, 0.2) is 6.54 Å². The number of quaternary nitrogens is 1. The molecule has 1 N–H and O–H groups in total. The van der Waals surface area contributed by atoms with Gasteiger partial charge in [-0.15, -0.1) is 0 Å². The summed E-state index contributed by atoms with van der Waals surface area (Å²) in [7, 11) is 3.85. The topological polar surface area (TPSA) is 69.6 Å². The summed E-state index contributed by atoms with van der Waals surface area (Å²) >= 11 is 0. The number of aliphatic hydroxyl groups is 1. The largest absolute Gasteiger partial charge is 0.628 e. The maximum atomic E-state index is 11.9. The predicted molar refractivity (Wildman–Crippen MR) is 104 cm³/mol. The van der Waals surface area contributed by atoms with E-state index in [2.05, 4.69) is 13.5 Å². The summed E-state index contributed by atoms with van der Waals surface area (Å²) in [5.74, 6) is -0.416. The number of nitrogens with zero attached hydrogens (tertiary/aromatic N) is 1. The second kappa shape index (κ2) is 13.5. The number of carbonyl (C=O) groups excluding carboxylic acids is 1. The average molecular weight is 374 g/mol. The molecule has 1 unspecified atom stereocenters. The Bertz CT molecular complexity index is 441. The quantitative estimate of drug-likeness (QED) is 0.167. The van der Waals surface area contributed by atoms with Gasteiger partial charge in [0.1, 0.15) is 12.8 Å². The van der Waals surface area contributed by atoms with Gasteiger partial charge in [0.25, 0.3) is 5.48 Å². The molecular formula is C19H37NO4P+. The van der Waals surface area contributed by atoms with E-state index in [1.807, 2.05) is 21.1 Å². The van der Waals surface area contributed by atoms with Crippen LogP contribution in [-0.4, -0.2) is 61.5 Å². The van der Waals surface area contributed by atoms with Crippen LogP contribution in [0.3, 0.4) is 0 Å². The van der Waals surface area contributed by atoms with Crippen molar-refractivity contribution in [3.63, 3.8) is 0 Å². The van der Waals surface area contributed by atoms with Crippen LogP contribution in [0.25, 0.3) is 0 Å². The highest BCUT2D eigenvalue weighted by Crippen LogP contribution is 2.15. The number of esters is 1. The fourth-order valence-corrected chi connectivity index (χ4v) is 3.45. The Morgan fingerprint density at radius 2 is 1.68 bits per heavy atom. The van der Waals surface area contributed by atoms with Gasteiger partial charge in [0, 0.05) is 5.57 Å². The van der Waals surface area contributed by atoms with Crippen LogP contribution in [0, 0.1) is 0 Å². The van der Waals surface area contributed by atoms with Gasteiger partial charge in [-0.05, 0) is 12.8 Å². The standard InChI is InChI=1S/C19H36NO4P/c1-6-7-8-9-10-11-12-13-17(2)19(22)24-14-15-25(23)18(21)16-20(3,4)5/h2,6-16H2,1,3-5H3/p+1.